The lowest BCUT2D eigenvalue weighted by molar-refractivity contribution is 0.125. The molecule has 1 aliphatic rings. The molecule has 0 saturated carbocycles. The monoisotopic (exact) mass is 394 g/mol. The quantitative estimate of drug-likeness (QED) is 0.792. The Morgan fingerprint density at radius 2 is 1.93 bits per heavy atom. The number of likely N-dealkylation sites (tertiary alicyclic amines) is 1. The number of aryl methyl sites for hydroxylation is 1. The van der Waals surface area contributed by atoms with Crippen LogP contribution < -0.4 is 10.6 Å². The van der Waals surface area contributed by atoms with Crippen molar-refractivity contribution < 1.29 is 14.3 Å². The van der Waals surface area contributed by atoms with Crippen LogP contribution in [0.5, 0.6) is 0 Å². The smallest absolute Gasteiger partial charge is 0.409 e. The molecule has 0 spiro atoms. The first-order chi connectivity index (χ1) is 14.0. The second-order valence-electron chi connectivity index (χ2n) is 7.01. The van der Waals surface area contributed by atoms with Crippen LogP contribution in [-0.4, -0.2) is 42.2 Å². The molecule has 29 heavy (non-hydrogen) atoms. The fourth-order valence-corrected chi connectivity index (χ4v) is 3.25. The van der Waals surface area contributed by atoms with Gasteiger partial charge in [0, 0.05) is 24.5 Å². The topological polar surface area (TPSA) is 83.6 Å². The molecule has 1 aromatic carbocycles. The van der Waals surface area contributed by atoms with E-state index in [1.807, 2.05) is 43.3 Å². The summed E-state index contributed by atoms with van der Waals surface area (Å²) in [6.45, 7) is 3.26. The number of nitrogens with zero attached hydrogens (tertiary/aromatic N) is 2. The fourth-order valence-electron chi connectivity index (χ4n) is 3.25. The Kier molecular flexibility index (Phi) is 6.84. The van der Waals surface area contributed by atoms with Crippen LogP contribution >= 0.6 is 0 Å². The predicted octanol–water partition coefficient (Wildman–Crippen LogP) is 4.67. The molecule has 0 unspecified atom stereocenters. The number of rotatable bonds is 3. The molecule has 3 amide bonds. The first kappa shape index (κ1) is 20.4. The minimum Gasteiger partial charge on any atom is -0.453 e. The van der Waals surface area contributed by atoms with Crippen molar-refractivity contribution in [3.05, 3.63) is 59.4 Å². The lowest BCUT2D eigenvalue weighted by atomic mass is 10.0. The minimum absolute atomic E-state index is 0.271. The van der Waals surface area contributed by atoms with Crippen molar-refractivity contribution >= 4 is 29.6 Å². The third-order valence-corrected chi connectivity index (χ3v) is 4.75. The summed E-state index contributed by atoms with van der Waals surface area (Å²) in [5, 5.41) is 5.62. The Morgan fingerprint density at radius 3 is 2.69 bits per heavy atom. The summed E-state index contributed by atoms with van der Waals surface area (Å²) in [5.74, 6) is 0. The van der Waals surface area contributed by atoms with E-state index in [-0.39, 0.29) is 12.1 Å². The molecule has 1 saturated heterocycles. The number of hydrogen-bond donors (Lipinski definition) is 2. The van der Waals surface area contributed by atoms with Gasteiger partial charge in [-0.05, 0) is 56.0 Å². The Hall–Kier alpha value is -3.35. The summed E-state index contributed by atoms with van der Waals surface area (Å²) in [6, 6.07) is 11.0. The van der Waals surface area contributed by atoms with E-state index < -0.39 is 0 Å². The van der Waals surface area contributed by atoms with Crippen molar-refractivity contribution in [2.24, 2.45) is 0 Å². The largest absolute Gasteiger partial charge is 0.453 e. The van der Waals surface area contributed by atoms with Gasteiger partial charge in [-0.15, -0.1) is 0 Å². The molecule has 2 aromatic rings. The number of amides is 3. The molecule has 2 N–H and O–H groups in total. The van der Waals surface area contributed by atoms with Crippen LogP contribution in [0.25, 0.3) is 6.08 Å². The third kappa shape index (κ3) is 6.07. The summed E-state index contributed by atoms with van der Waals surface area (Å²) in [6.07, 6.45) is 6.14. The number of benzene rings is 1. The Labute approximate surface area is 170 Å². The first-order valence-electron chi connectivity index (χ1n) is 9.66. The second-order valence-corrected chi connectivity index (χ2v) is 7.01. The van der Waals surface area contributed by atoms with E-state index in [1.54, 1.807) is 11.1 Å². The molecular weight excluding hydrogens is 368 g/mol. The molecular formula is C22H26N4O3. The highest BCUT2D eigenvalue weighted by atomic mass is 16.5. The summed E-state index contributed by atoms with van der Waals surface area (Å²) in [5.41, 5.74) is 4.54. The number of ether oxygens (including phenoxy) is 1. The normalized spacial score (nSPS) is 15.5. The van der Waals surface area contributed by atoms with Gasteiger partial charge in [0.25, 0.3) is 0 Å². The van der Waals surface area contributed by atoms with E-state index in [4.69, 9.17) is 4.74 Å². The lowest BCUT2D eigenvalue weighted by Gasteiger charge is -2.17. The average molecular weight is 394 g/mol. The molecule has 0 radical (unpaired) electrons. The van der Waals surface area contributed by atoms with Crippen molar-refractivity contribution in [2.75, 3.05) is 30.8 Å². The number of anilines is 2. The van der Waals surface area contributed by atoms with Gasteiger partial charge in [-0.3, -0.25) is 4.98 Å². The van der Waals surface area contributed by atoms with E-state index in [1.165, 1.54) is 12.7 Å². The zero-order valence-electron chi connectivity index (χ0n) is 16.8. The average Bonchev–Trinajstić information content (AvgIpc) is 2.95. The molecule has 1 fully saturated rings. The van der Waals surface area contributed by atoms with E-state index in [9.17, 15) is 9.59 Å². The van der Waals surface area contributed by atoms with Gasteiger partial charge in [0.1, 0.15) is 0 Å². The van der Waals surface area contributed by atoms with Crippen LogP contribution in [0.2, 0.25) is 0 Å². The van der Waals surface area contributed by atoms with Gasteiger partial charge in [-0.2, -0.15) is 0 Å². The molecule has 1 aliphatic heterocycles. The number of urea groups is 1. The summed E-state index contributed by atoms with van der Waals surface area (Å²) >= 11 is 0. The molecule has 7 nitrogen and oxygen atoms in total. The maximum absolute atomic E-state index is 12.2. The number of methoxy groups -OCH3 is 1. The van der Waals surface area contributed by atoms with Gasteiger partial charge in [0.05, 0.1) is 19.0 Å². The van der Waals surface area contributed by atoms with E-state index >= 15 is 0 Å². The first-order valence-corrected chi connectivity index (χ1v) is 9.66. The van der Waals surface area contributed by atoms with Crippen LogP contribution in [-0.2, 0) is 4.74 Å². The van der Waals surface area contributed by atoms with Crippen LogP contribution in [0.15, 0.2) is 48.2 Å². The third-order valence-electron chi connectivity index (χ3n) is 4.75. The number of pyridine rings is 1. The molecule has 0 atom stereocenters. The standard InChI is InChI=1S/C22H26N4O3/c1-16-8-9-20(15-23-16)25-21(27)24-19-7-3-5-18(14-19)13-17-6-4-11-26(12-10-17)22(28)29-2/h3,5,7-9,13-15H,4,6,10-12H2,1-2H3,(H2,24,25,27)/b17-13-. The van der Waals surface area contributed by atoms with Crippen molar-refractivity contribution in [3.63, 3.8) is 0 Å². The summed E-state index contributed by atoms with van der Waals surface area (Å²) in [4.78, 5) is 29.8. The van der Waals surface area contributed by atoms with E-state index in [0.717, 1.165) is 30.5 Å². The van der Waals surface area contributed by atoms with Crippen LogP contribution in [0.3, 0.4) is 0 Å². The van der Waals surface area contributed by atoms with Crippen molar-refractivity contribution in [1.82, 2.24) is 9.88 Å². The highest BCUT2D eigenvalue weighted by molar-refractivity contribution is 5.99. The van der Waals surface area contributed by atoms with E-state index in [0.29, 0.717) is 24.5 Å². The van der Waals surface area contributed by atoms with E-state index in [2.05, 4.69) is 21.7 Å². The number of carbonyl (C=O) groups is 2. The van der Waals surface area contributed by atoms with Gasteiger partial charge in [-0.1, -0.05) is 23.8 Å². The number of carbonyl (C=O) groups excluding carboxylic acids is 2. The highest BCUT2D eigenvalue weighted by Gasteiger charge is 2.17. The van der Waals surface area contributed by atoms with Gasteiger partial charge in [0.2, 0.25) is 0 Å². The Balaban J connectivity index is 1.61. The van der Waals surface area contributed by atoms with Crippen molar-refractivity contribution in [1.29, 1.82) is 0 Å². The number of hydrogen-bond acceptors (Lipinski definition) is 4. The molecule has 0 aliphatic carbocycles. The maximum Gasteiger partial charge on any atom is 0.409 e. The van der Waals surface area contributed by atoms with Crippen molar-refractivity contribution in [2.45, 2.75) is 26.2 Å². The van der Waals surface area contributed by atoms with Gasteiger partial charge in [-0.25, -0.2) is 9.59 Å². The fraction of sp³-hybridized carbons (Fsp3) is 0.318. The molecule has 3 rings (SSSR count). The highest BCUT2D eigenvalue weighted by Crippen LogP contribution is 2.22. The predicted molar refractivity (Wildman–Crippen MR) is 114 cm³/mol. The zero-order chi connectivity index (χ0) is 20.6. The molecule has 1 aromatic heterocycles. The molecule has 0 bridgehead atoms. The maximum atomic E-state index is 12.2. The molecule has 7 heteroatoms. The SMILES string of the molecule is COC(=O)N1CCC/C(=C/c2cccc(NC(=O)Nc3ccc(C)nc3)c2)CC1. The van der Waals surface area contributed by atoms with Crippen LogP contribution in [0, 0.1) is 6.92 Å². The Morgan fingerprint density at radius 1 is 1.10 bits per heavy atom. The van der Waals surface area contributed by atoms with Crippen LogP contribution in [0.4, 0.5) is 21.0 Å². The lowest BCUT2D eigenvalue weighted by Crippen LogP contribution is -2.31. The zero-order valence-corrected chi connectivity index (χ0v) is 16.8. The molecule has 2 heterocycles. The van der Waals surface area contributed by atoms with Gasteiger partial charge < -0.3 is 20.3 Å². The summed E-state index contributed by atoms with van der Waals surface area (Å²) < 4.78 is 4.82. The number of aromatic nitrogens is 1. The minimum atomic E-state index is -0.316. The van der Waals surface area contributed by atoms with Gasteiger partial charge >= 0.3 is 12.1 Å². The molecule has 152 valence electrons. The number of nitrogens with one attached hydrogen (secondary N) is 2. The Bertz CT molecular complexity index is 893. The van der Waals surface area contributed by atoms with Gasteiger partial charge in [0.15, 0.2) is 0 Å². The van der Waals surface area contributed by atoms with Crippen molar-refractivity contribution in [3.8, 4) is 0 Å². The van der Waals surface area contributed by atoms with Crippen LogP contribution in [0.1, 0.15) is 30.5 Å². The second kappa shape index (κ2) is 9.73. The summed E-state index contributed by atoms with van der Waals surface area (Å²) in [7, 11) is 1.41.